The molecule has 170 valence electrons. The quantitative estimate of drug-likeness (QED) is 0.259. The monoisotopic (exact) mass is 458 g/mol. The molecule has 0 aromatic heterocycles. The van der Waals surface area contributed by atoms with Gasteiger partial charge in [-0.2, -0.15) is 0 Å². The van der Waals surface area contributed by atoms with Crippen LogP contribution in [-0.4, -0.2) is 43.2 Å². The Bertz CT molecular complexity index is 932. The number of anilines is 1. The number of nitrogens with one attached hydrogen (secondary N) is 4. The number of methoxy groups -OCH3 is 1. The summed E-state index contributed by atoms with van der Waals surface area (Å²) in [5.74, 6) is -0.360. The summed E-state index contributed by atoms with van der Waals surface area (Å²) in [5, 5.41) is 5.16. The van der Waals surface area contributed by atoms with Crippen molar-refractivity contribution in [2.45, 2.75) is 19.8 Å². The number of carbonyl (C=O) groups is 3. The maximum atomic E-state index is 12.3. The highest BCUT2D eigenvalue weighted by Crippen LogP contribution is 2.12. The molecule has 0 saturated carbocycles. The van der Waals surface area contributed by atoms with Gasteiger partial charge in [-0.25, -0.2) is 0 Å². The molecule has 0 heterocycles. The fourth-order valence-electron chi connectivity index (χ4n) is 2.49. The molecule has 0 radical (unpaired) electrons. The summed E-state index contributed by atoms with van der Waals surface area (Å²) in [6, 6.07) is 12.9. The van der Waals surface area contributed by atoms with Gasteiger partial charge in [0.05, 0.1) is 6.61 Å². The van der Waals surface area contributed by atoms with E-state index >= 15 is 0 Å². The fourth-order valence-corrected chi connectivity index (χ4v) is 2.64. The van der Waals surface area contributed by atoms with E-state index in [0.29, 0.717) is 42.2 Å². The molecule has 0 aliphatic carbocycles. The van der Waals surface area contributed by atoms with E-state index in [0.717, 1.165) is 6.42 Å². The van der Waals surface area contributed by atoms with E-state index < -0.39 is 11.8 Å². The van der Waals surface area contributed by atoms with Crippen LogP contribution in [0.5, 0.6) is 5.75 Å². The van der Waals surface area contributed by atoms with Crippen molar-refractivity contribution in [2.75, 3.05) is 25.6 Å². The number of carbonyl (C=O) groups excluding carboxylic acids is 3. The molecule has 0 spiro atoms. The largest absolute Gasteiger partial charge is 0.491 e. The Kier molecular flexibility index (Phi) is 10.1. The highest BCUT2D eigenvalue weighted by atomic mass is 32.1. The molecule has 10 heteroatoms. The third-order valence-electron chi connectivity index (χ3n) is 4.10. The molecule has 2 aromatic carbocycles. The van der Waals surface area contributed by atoms with Gasteiger partial charge in [0, 0.05) is 30.3 Å². The number of hydrogen-bond donors (Lipinski definition) is 4. The smallest absolute Gasteiger partial charge is 0.269 e. The van der Waals surface area contributed by atoms with Gasteiger partial charge in [-0.05, 0) is 67.2 Å². The van der Waals surface area contributed by atoms with Gasteiger partial charge in [0.15, 0.2) is 5.11 Å². The van der Waals surface area contributed by atoms with Crippen molar-refractivity contribution >= 4 is 40.7 Å². The number of amides is 3. The first kappa shape index (κ1) is 24.8. The standard InChI is InChI=1S/C22H26N4O5S/c1-3-4-19(27)23-17-9-5-16(6-10-17)21(29)25-26-22(32)24-20(28)15-7-11-18(12-8-15)31-14-13-30-2/h5-12H,3-4,13-14H2,1-2H3,(H,23,27)(H,25,29)(H2,24,26,28,32). The van der Waals surface area contributed by atoms with Gasteiger partial charge < -0.3 is 14.8 Å². The Hall–Kier alpha value is -3.50. The van der Waals surface area contributed by atoms with Crippen LogP contribution in [0.2, 0.25) is 0 Å². The predicted octanol–water partition coefficient (Wildman–Crippen LogP) is 2.40. The number of rotatable bonds is 9. The van der Waals surface area contributed by atoms with Crippen molar-refractivity contribution in [1.82, 2.24) is 16.2 Å². The summed E-state index contributed by atoms with van der Waals surface area (Å²) in [6.45, 7) is 2.79. The van der Waals surface area contributed by atoms with Gasteiger partial charge in [-0.15, -0.1) is 0 Å². The van der Waals surface area contributed by atoms with Crippen molar-refractivity contribution in [1.29, 1.82) is 0 Å². The first-order valence-corrected chi connectivity index (χ1v) is 10.4. The van der Waals surface area contributed by atoms with Crippen molar-refractivity contribution in [2.24, 2.45) is 0 Å². The van der Waals surface area contributed by atoms with Gasteiger partial charge >= 0.3 is 0 Å². The second kappa shape index (κ2) is 13.0. The average Bonchev–Trinajstić information content (AvgIpc) is 2.78. The lowest BCUT2D eigenvalue weighted by Gasteiger charge is -2.12. The Labute approximate surface area is 191 Å². The molecular weight excluding hydrogens is 432 g/mol. The van der Waals surface area contributed by atoms with Crippen LogP contribution in [0, 0.1) is 0 Å². The van der Waals surface area contributed by atoms with Crippen molar-refractivity contribution in [3.63, 3.8) is 0 Å². The highest BCUT2D eigenvalue weighted by molar-refractivity contribution is 7.80. The zero-order chi connectivity index (χ0) is 23.3. The molecular formula is C22H26N4O5S. The van der Waals surface area contributed by atoms with Crippen LogP contribution in [0.1, 0.15) is 40.5 Å². The van der Waals surface area contributed by atoms with E-state index in [9.17, 15) is 14.4 Å². The number of hydrogen-bond acceptors (Lipinski definition) is 6. The Morgan fingerprint density at radius 1 is 0.875 bits per heavy atom. The van der Waals surface area contributed by atoms with Gasteiger partial charge in [0.2, 0.25) is 5.91 Å². The number of ether oxygens (including phenoxy) is 2. The topological polar surface area (TPSA) is 118 Å². The van der Waals surface area contributed by atoms with Crippen LogP contribution in [0.15, 0.2) is 48.5 Å². The van der Waals surface area contributed by atoms with Gasteiger partial charge in [0.1, 0.15) is 12.4 Å². The summed E-state index contributed by atoms with van der Waals surface area (Å²) in [4.78, 5) is 36.1. The molecule has 0 aliphatic rings. The molecule has 0 saturated heterocycles. The second-order valence-corrected chi connectivity index (χ2v) is 7.01. The molecule has 4 N–H and O–H groups in total. The Morgan fingerprint density at radius 3 is 2.12 bits per heavy atom. The van der Waals surface area contributed by atoms with Crippen LogP contribution in [0.25, 0.3) is 0 Å². The SMILES string of the molecule is CCCC(=O)Nc1ccc(C(=O)NNC(=S)NC(=O)c2ccc(OCCOC)cc2)cc1. The van der Waals surface area contributed by atoms with E-state index in [1.807, 2.05) is 6.92 Å². The summed E-state index contributed by atoms with van der Waals surface area (Å²) >= 11 is 5.04. The fraction of sp³-hybridized carbons (Fsp3) is 0.273. The van der Waals surface area contributed by atoms with Crippen molar-refractivity contribution in [3.8, 4) is 5.75 Å². The van der Waals surface area contributed by atoms with Crippen molar-refractivity contribution < 1.29 is 23.9 Å². The molecule has 0 aliphatic heterocycles. The van der Waals surface area contributed by atoms with Crippen LogP contribution in [0.3, 0.4) is 0 Å². The third kappa shape index (κ3) is 8.32. The molecule has 0 fully saturated rings. The number of hydrazine groups is 1. The molecule has 0 atom stereocenters. The maximum absolute atomic E-state index is 12.3. The minimum Gasteiger partial charge on any atom is -0.491 e. The van der Waals surface area contributed by atoms with Gasteiger partial charge in [-0.1, -0.05) is 6.92 Å². The number of thiocarbonyl (C=S) groups is 1. The molecule has 0 unspecified atom stereocenters. The molecule has 2 rings (SSSR count). The van der Waals surface area contributed by atoms with Crippen LogP contribution < -0.4 is 26.2 Å². The molecule has 2 aromatic rings. The normalized spacial score (nSPS) is 10.1. The predicted molar refractivity (Wildman–Crippen MR) is 124 cm³/mol. The van der Waals surface area contributed by atoms with Gasteiger partial charge in [0.25, 0.3) is 11.8 Å². The molecule has 9 nitrogen and oxygen atoms in total. The van der Waals surface area contributed by atoms with Gasteiger partial charge in [-0.3, -0.25) is 30.6 Å². The van der Waals surface area contributed by atoms with Crippen molar-refractivity contribution in [3.05, 3.63) is 59.7 Å². The molecule has 32 heavy (non-hydrogen) atoms. The lowest BCUT2D eigenvalue weighted by molar-refractivity contribution is -0.116. The zero-order valence-electron chi connectivity index (χ0n) is 17.9. The van der Waals surface area contributed by atoms with Crippen LogP contribution in [0.4, 0.5) is 5.69 Å². The lowest BCUT2D eigenvalue weighted by atomic mass is 10.2. The highest BCUT2D eigenvalue weighted by Gasteiger charge is 2.10. The summed E-state index contributed by atoms with van der Waals surface area (Å²) < 4.78 is 10.4. The minimum absolute atomic E-state index is 0.0628. The Balaban J connectivity index is 1.78. The molecule has 0 bridgehead atoms. The second-order valence-electron chi connectivity index (χ2n) is 6.60. The lowest BCUT2D eigenvalue weighted by Crippen LogP contribution is -2.48. The summed E-state index contributed by atoms with van der Waals surface area (Å²) in [6.07, 6.45) is 1.19. The zero-order valence-corrected chi connectivity index (χ0v) is 18.7. The average molecular weight is 459 g/mol. The number of benzene rings is 2. The van der Waals surface area contributed by atoms with Crippen LogP contribution in [-0.2, 0) is 9.53 Å². The van der Waals surface area contributed by atoms with E-state index in [1.165, 1.54) is 0 Å². The van der Waals surface area contributed by atoms with Crippen LogP contribution >= 0.6 is 12.2 Å². The van der Waals surface area contributed by atoms with E-state index in [4.69, 9.17) is 21.7 Å². The van der Waals surface area contributed by atoms with E-state index in [-0.39, 0.29) is 11.0 Å². The first-order chi connectivity index (χ1) is 15.4. The Morgan fingerprint density at radius 2 is 1.50 bits per heavy atom. The third-order valence-corrected chi connectivity index (χ3v) is 4.30. The first-order valence-electron chi connectivity index (χ1n) is 9.96. The van der Waals surface area contributed by atoms with E-state index in [1.54, 1.807) is 55.6 Å². The van der Waals surface area contributed by atoms with E-state index in [2.05, 4.69) is 21.5 Å². The summed E-state index contributed by atoms with van der Waals surface area (Å²) in [7, 11) is 1.59. The minimum atomic E-state index is -0.453. The summed E-state index contributed by atoms with van der Waals surface area (Å²) in [5.41, 5.74) is 6.22. The maximum Gasteiger partial charge on any atom is 0.269 e. The molecule has 3 amide bonds.